The molecule has 27 heavy (non-hydrogen) atoms. The number of hydrogen-bond donors (Lipinski definition) is 1. The number of nitrogens with zero attached hydrogens (tertiary/aromatic N) is 1. The van der Waals surface area contributed by atoms with Crippen LogP contribution in [0.1, 0.15) is 35.7 Å². The summed E-state index contributed by atoms with van der Waals surface area (Å²) in [6.45, 7) is 2.20. The van der Waals surface area contributed by atoms with E-state index in [1.54, 1.807) is 36.3 Å². The molecular formula is C21H22N2O4. The van der Waals surface area contributed by atoms with E-state index in [1.807, 2.05) is 18.2 Å². The van der Waals surface area contributed by atoms with Crippen molar-refractivity contribution in [2.45, 2.75) is 26.2 Å². The predicted octanol–water partition coefficient (Wildman–Crippen LogP) is 3.21. The third-order valence-electron chi connectivity index (χ3n) is 4.64. The van der Waals surface area contributed by atoms with Gasteiger partial charge in [0.05, 0.1) is 7.11 Å². The Kier molecular flexibility index (Phi) is 5.54. The zero-order valence-corrected chi connectivity index (χ0v) is 15.5. The van der Waals surface area contributed by atoms with Gasteiger partial charge in [-0.3, -0.25) is 14.4 Å². The first-order chi connectivity index (χ1) is 13.0. The Hall–Kier alpha value is -3.15. The third kappa shape index (κ3) is 4.34. The lowest BCUT2D eigenvalue weighted by Gasteiger charge is -2.15. The van der Waals surface area contributed by atoms with Crippen molar-refractivity contribution in [2.24, 2.45) is 0 Å². The van der Waals surface area contributed by atoms with Gasteiger partial charge >= 0.3 is 0 Å². The molecule has 6 nitrogen and oxygen atoms in total. The number of carbonyl (C=O) groups is 3. The second kappa shape index (κ2) is 8.03. The average molecular weight is 366 g/mol. The van der Waals surface area contributed by atoms with Crippen LogP contribution in [-0.2, 0) is 16.0 Å². The first-order valence-corrected chi connectivity index (χ1v) is 8.86. The molecule has 0 atom stereocenters. The van der Waals surface area contributed by atoms with Crippen molar-refractivity contribution in [1.29, 1.82) is 0 Å². The van der Waals surface area contributed by atoms with E-state index in [1.165, 1.54) is 6.92 Å². The van der Waals surface area contributed by atoms with E-state index in [-0.39, 0.29) is 30.4 Å². The zero-order valence-electron chi connectivity index (χ0n) is 15.5. The smallest absolute Gasteiger partial charge is 0.224 e. The number of ketones is 1. The van der Waals surface area contributed by atoms with Crippen molar-refractivity contribution in [2.75, 3.05) is 23.9 Å². The van der Waals surface area contributed by atoms with E-state index in [0.29, 0.717) is 23.5 Å². The number of benzene rings is 2. The van der Waals surface area contributed by atoms with E-state index in [2.05, 4.69) is 5.32 Å². The molecule has 0 unspecified atom stereocenters. The molecule has 0 saturated carbocycles. The highest BCUT2D eigenvalue weighted by Gasteiger charge is 2.22. The monoisotopic (exact) mass is 366 g/mol. The maximum atomic E-state index is 12.2. The molecule has 0 fully saturated rings. The van der Waals surface area contributed by atoms with Crippen LogP contribution in [-0.4, -0.2) is 31.3 Å². The third-order valence-corrected chi connectivity index (χ3v) is 4.64. The predicted molar refractivity (Wildman–Crippen MR) is 103 cm³/mol. The first-order valence-electron chi connectivity index (χ1n) is 8.86. The van der Waals surface area contributed by atoms with E-state index >= 15 is 0 Å². The van der Waals surface area contributed by atoms with E-state index < -0.39 is 0 Å². The number of carbonyl (C=O) groups excluding carboxylic acids is 3. The van der Waals surface area contributed by atoms with Gasteiger partial charge in [0.15, 0.2) is 5.78 Å². The molecule has 6 heteroatoms. The highest BCUT2D eigenvalue weighted by molar-refractivity contribution is 6.00. The molecule has 0 radical (unpaired) electrons. The molecule has 0 spiro atoms. The van der Waals surface area contributed by atoms with Crippen LogP contribution in [0.4, 0.5) is 11.4 Å². The minimum Gasteiger partial charge on any atom is -0.497 e. The van der Waals surface area contributed by atoms with Gasteiger partial charge in [-0.25, -0.2) is 0 Å². The van der Waals surface area contributed by atoms with Crippen LogP contribution < -0.4 is 15.0 Å². The van der Waals surface area contributed by atoms with Crippen molar-refractivity contribution in [1.82, 2.24) is 0 Å². The number of rotatable bonds is 6. The van der Waals surface area contributed by atoms with E-state index in [4.69, 9.17) is 4.74 Å². The molecule has 0 aromatic heterocycles. The minimum atomic E-state index is -0.232. The molecule has 2 amide bonds. The minimum absolute atomic E-state index is 0.0117. The summed E-state index contributed by atoms with van der Waals surface area (Å²) in [4.78, 5) is 37.8. The molecule has 0 bridgehead atoms. The molecule has 1 heterocycles. The van der Waals surface area contributed by atoms with Gasteiger partial charge < -0.3 is 15.0 Å². The summed E-state index contributed by atoms with van der Waals surface area (Å²) in [5.41, 5.74) is 3.12. The van der Waals surface area contributed by atoms with E-state index in [9.17, 15) is 14.4 Å². The Bertz CT molecular complexity index is 874. The number of ether oxygens (including phenoxy) is 1. The summed E-state index contributed by atoms with van der Waals surface area (Å²) in [7, 11) is 1.57. The normalized spacial score (nSPS) is 12.4. The lowest BCUT2D eigenvalue weighted by Crippen LogP contribution is -2.25. The number of Topliss-reactive ketones (excluding diaryl/α,β-unsaturated/α-hetero) is 1. The maximum Gasteiger partial charge on any atom is 0.224 e. The van der Waals surface area contributed by atoms with Gasteiger partial charge in [-0.05, 0) is 48.4 Å². The second-order valence-corrected chi connectivity index (χ2v) is 6.46. The van der Waals surface area contributed by atoms with Gasteiger partial charge in [0.1, 0.15) is 5.75 Å². The van der Waals surface area contributed by atoms with Gasteiger partial charge in [0, 0.05) is 43.2 Å². The molecule has 2 aromatic rings. The van der Waals surface area contributed by atoms with Crippen molar-refractivity contribution < 1.29 is 19.1 Å². The molecule has 0 aliphatic carbocycles. The number of amides is 2. The summed E-state index contributed by atoms with van der Waals surface area (Å²) in [6, 6.07) is 12.4. The van der Waals surface area contributed by atoms with Crippen molar-refractivity contribution in [3.63, 3.8) is 0 Å². The lowest BCUT2D eigenvalue weighted by molar-refractivity contribution is -0.117. The standard InChI is InChI=1S/C21H22N2O4/c1-14(24)23-12-11-15-3-6-17(13-19(15)23)22-21(26)10-9-20(25)16-4-7-18(27-2)8-5-16/h3-8,13H,9-12H2,1-2H3,(H,22,26). The van der Waals surface area contributed by atoms with Gasteiger partial charge in [-0.2, -0.15) is 0 Å². The Morgan fingerprint density at radius 3 is 2.48 bits per heavy atom. The van der Waals surface area contributed by atoms with Crippen LogP contribution in [0.5, 0.6) is 5.75 Å². The molecular weight excluding hydrogens is 344 g/mol. The van der Waals surface area contributed by atoms with Gasteiger partial charge in [0.2, 0.25) is 11.8 Å². The average Bonchev–Trinajstić information content (AvgIpc) is 3.09. The van der Waals surface area contributed by atoms with Crippen LogP contribution in [0.2, 0.25) is 0 Å². The molecule has 140 valence electrons. The molecule has 0 saturated heterocycles. The summed E-state index contributed by atoms with van der Waals surface area (Å²) >= 11 is 0. The van der Waals surface area contributed by atoms with Crippen LogP contribution in [0, 0.1) is 0 Å². The summed E-state index contributed by atoms with van der Waals surface area (Å²) in [5, 5.41) is 2.81. The summed E-state index contributed by atoms with van der Waals surface area (Å²) < 4.78 is 5.07. The van der Waals surface area contributed by atoms with Crippen molar-refractivity contribution in [3.05, 3.63) is 53.6 Å². The highest BCUT2D eigenvalue weighted by atomic mass is 16.5. The van der Waals surface area contributed by atoms with Gasteiger partial charge in [-0.15, -0.1) is 0 Å². The molecule has 1 aliphatic heterocycles. The Labute approximate surface area is 158 Å². The highest BCUT2D eigenvalue weighted by Crippen LogP contribution is 2.31. The number of anilines is 2. The number of nitrogens with one attached hydrogen (secondary N) is 1. The largest absolute Gasteiger partial charge is 0.497 e. The Morgan fingerprint density at radius 1 is 1.07 bits per heavy atom. The quantitative estimate of drug-likeness (QED) is 0.797. The number of fused-ring (bicyclic) bond motifs is 1. The fourth-order valence-corrected chi connectivity index (χ4v) is 3.16. The van der Waals surface area contributed by atoms with Gasteiger partial charge in [0.25, 0.3) is 0 Å². The Balaban J connectivity index is 1.57. The molecule has 1 aliphatic rings. The fourth-order valence-electron chi connectivity index (χ4n) is 3.16. The number of hydrogen-bond acceptors (Lipinski definition) is 4. The molecule has 3 rings (SSSR count). The first kappa shape index (κ1) is 18.6. The summed E-state index contributed by atoms with van der Waals surface area (Å²) in [5.74, 6) is 0.344. The SMILES string of the molecule is COc1ccc(C(=O)CCC(=O)Nc2ccc3c(c2)N(C(C)=O)CC3)cc1. The van der Waals surface area contributed by atoms with Crippen LogP contribution in [0.25, 0.3) is 0 Å². The number of methoxy groups -OCH3 is 1. The van der Waals surface area contributed by atoms with Gasteiger partial charge in [-0.1, -0.05) is 6.07 Å². The Morgan fingerprint density at radius 2 is 1.81 bits per heavy atom. The van der Waals surface area contributed by atoms with E-state index in [0.717, 1.165) is 17.7 Å². The molecule has 1 N–H and O–H groups in total. The lowest BCUT2D eigenvalue weighted by atomic mass is 10.1. The zero-order chi connectivity index (χ0) is 19.4. The maximum absolute atomic E-state index is 12.2. The molecule has 2 aromatic carbocycles. The van der Waals surface area contributed by atoms with Crippen molar-refractivity contribution in [3.8, 4) is 5.75 Å². The second-order valence-electron chi connectivity index (χ2n) is 6.46. The topological polar surface area (TPSA) is 75.7 Å². The summed E-state index contributed by atoms with van der Waals surface area (Å²) in [6.07, 6.45) is 1.04. The van der Waals surface area contributed by atoms with Crippen LogP contribution >= 0.6 is 0 Å². The van der Waals surface area contributed by atoms with Crippen LogP contribution in [0.15, 0.2) is 42.5 Å². The van der Waals surface area contributed by atoms with Crippen molar-refractivity contribution >= 4 is 29.0 Å². The fraction of sp³-hybridized carbons (Fsp3) is 0.286. The van der Waals surface area contributed by atoms with Crippen LogP contribution in [0.3, 0.4) is 0 Å².